The minimum absolute atomic E-state index is 0.0410. The third kappa shape index (κ3) is 3.29. The van der Waals surface area contributed by atoms with E-state index in [0.717, 1.165) is 5.56 Å². The van der Waals surface area contributed by atoms with Crippen LogP contribution >= 0.6 is 0 Å². The van der Waals surface area contributed by atoms with Gasteiger partial charge >= 0.3 is 6.03 Å². The van der Waals surface area contributed by atoms with Gasteiger partial charge in [0.25, 0.3) is 5.91 Å². The fraction of sp³-hybridized carbons (Fsp3) is 0.200. The number of nitrogens with two attached hydrogens (primary N) is 1. The molecule has 2 heterocycles. The van der Waals surface area contributed by atoms with E-state index in [-0.39, 0.29) is 23.4 Å². The van der Waals surface area contributed by atoms with E-state index < -0.39 is 16.1 Å². The molecule has 2 aromatic carbocycles. The molecule has 0 bridgehead atoms. The lowest BCUT2D eigenvalue weighted by Crippen LogP contribution is -2.45. The van der Waals surface area contributed by atoms with Crippen molar-refractivity contribution < 1.29 is 22.7 Å². The smallest absolute Gasteiger partial charge is 0.322 e. The number of methoxy groups -OCH3 is 1. The van der Waals surface area contributed by atoms with Crippen molar-refractivity contribution >= 4 is 27.6 Å². The van der Waals surface area contributed by atoms with E-state index in [1.807, 2.05) is 0 Å². The summed E-state index contributed by atoms with van der Waals surface area (Å²) in [5.41, 5.74) is 2.33. The lowest BCUT2D eigenvalue weighted by molar-refractivity contribution is -0.114. The highest BCUT2D eigenvalue weighted by atomic mass is 32.2. The first-order chi connectivity index (χ1) is 14.2. The summed E-state index contributed by atoms with van der Waals surface area (Å²) >= 11 is 0. The average molecular weight is 428 g/mol. The Morgan fingerprint density at radius 1 is 1.07 bits per heavy atom. The quantitative estimate of drug-likeness (QED) is 0.761. The number of anilines is 1. The fourth-order valence-electron chi connectivity index (χ4n) is 3.64. The van der Waals surface area contributed by atoms with E-state index >= 15 is 0 Å². The van der Waals surface area contributed by atoms with Crippen molar-refractivity contribution in [2.45, 2.75) is 10.9 Å². The predicted molar refractivity (Wildman–Crippen MR) is 109 cm³/mol. The number of hydrogen-bond acceptors (Lipinski definition) is 5. The number of nitrogens with zero attached hydrogens (tertiary/aromatic N) is 2. The molecule has 0 saturated carbocycles. The van der Waals surface area contributed by atoms with Crippen LogP contribution in [0.5, 0.6) is 5.75 Å². The number of rotatable bonds is 4. The van der Waals surface area contributed by atoms with Crippen LogP contribution in [0.25, 0.3) is 0 Å². The van der Waals surface area contributed by atoms with Gasteiger partial charge in [-0.25, -0.2) is 18.4 Å². The number of sulfonamides is 1. The normalized spacial score (nSPS) is 19.1. The Kier molecular flexibility index (Phi) is 4.75. The summed E-state index contributed by atoms with van der Waals surface area (Å²) in [7, 11) is -0.662. The molecular formula is C20H20N4O5S. The first-order valence-corrected chi connectivity index (χ1v) is 10.6. The van der Waals surface area contributed by atoms with Crippen LogP contribution in [0.1, 0.15) is 11.6 Å². The molecule has 9 nitrogen and oxygen atoms in total. The highest BCUT2D eigenvalue weighted by Crippen LogP contribution is 2.38. The number of benzene rings is 2. The lowest BCUT2D eigenvalue weighted by Gasteiger charge is -2.31. The van der Waals surface area contributed by atoms with Crippen LogP contribution in [-0.2, 0) is 14.8 Å². The van der Waals surface area contributed by atoms with Gasteiger partial charge in [-0.15, -0.1) is 0 Å². The number of hydrogen-bond donors (Lipinski definition) is 2. The van der Waals surface area contributed by atoms with Crippen LogP contribution in [0.4, 0.5) is 10.5 Å². The third-order valence-corrected chi connectivity index (χ3v) is 6.22. The van der Waals surface area contributed by atoms with E-state index in [1.54, 1.807) is 38.4 Å². The molecule has 0 aliphatic carbocycles. The molecule has 0 spiro atoms. The molecule has 156 valence electrons. The number of ether oxygens (including phenoxy) is 1. The van der Waals surface area contributed by atoms with Crippen LogP contribution in [0, 0.1) is 0 Å². The van der Waals surface area contributed by atoms with Crippen molar-refractivity contribution in [3.05, 3.63) is 65.4 Å². The van der Waals surface area contributed by atoms with Gasteiger partial charge in [0.15, 0.2) is 0 Å². The second-order valence-electron chi connectivity index (χ2n) is 7.01. The largest absolute Gasteiger partial charge is 0.497 e. The molecule has 0 aromatic heterocycles. The Morgan fingerprint density at radius 2 is 1.70 bits per heavy atom. The molecule has 1 unspecified atom stereocenters. The van der Waals surface area contributed by atoms with Crippen molar-refractivity contribution in [2.75, 3.05) is 25.6 Å². The minimum atomic E-state index is -3.83. The van der Waals surface area contributed by atoms with Crippen LogP contribution in [0.15, 0.2) is 64.7 Å². The SMILES string of the molecule is COc1ccc(C2NC(=O)N(C)C3=C2C(=O)N(c2ccc(S(N)(=O)=O)cc2)C3)cc1. The van der Waals surface area contributed by atoms with E-state index in [9.17, 15) is 18.0 Å². The van der Waals surface area contributed by atoms with E-state index in [1.165, 1.54) is 34.1 Å². The molecule has 1 atom stereocenters. The molecule has 3 amide bonds. The Bertz CT molecular complexity index is 1160. The van der Waals surface area contributed by atoms with Gasteiger partial charge in [-0.05, 0) is 42.0 Å². The predicted octanol–water partition coefficient (Wildman–Crippen LogP) is 1.34. The number of carbonyl (C=O) groups is 2. The molecule has 3 N–H and O–H groups in total. The summed E-state index contributed by atoms with van der Waals surface area (Å²) in [6.45, 7) is 0.194. The molecule has 0 fully saturated rings. The third-order valence-electron chi connectivity index (χ3n) is 5.29. The summed E-state index contributed by atoms with van der Waals surface area (Å²) in [5, 5.41) is 8.01. The summed E-state index contributed by atoms with van der Waals surface area (Å²) in [5.74, 6) is 0.405. The van der Waals surface area contributed by atoms with Crippen LogP contribution in [0.3, 0.4) is 0 Å². The van der Waals surface area contributed by atoms with Crippen molar-refractivity contribution in [1.82, 2.24) is 10.2 Å². The summed E-state index contributed by atoms with van der Waals surface area (Å²) in [6, 6.07) is 12.0. The Balaban J connectivity index is 1.70. The maximum Gasteiger partial charge on any atom is 0.322 e. The average Bonchev–Trinajstić information content (AvgIpc) is 3.08. The molecule has 30 heavy (non-hydrogen) atoms. The zero-order chi connectivity index (χ0) is 21.6. The van der Waals surface area contributed by atoms with Gasteiger partial charge in [0.05, 0.1) is 35.9 Å². The van der Waals surface area contributed by atoms with E-state index in [0.29, 0.717) is 22.7 Å². The van der Waals surface area contributed by atoms with Crippen LogP contribution in [-0.4, -0.2) is 46.0 Å². The van der Waals surface area contributed by atoms with Gasteiger partial charge in [-0.1, -0.05) is 12.1 Å². The van der Waals surface area contributed by atoms with Gasteiger partial charge < -0.3 is 15.0 Å². The number of urea groups is 1. The van der Waals surface area contributed by atoms with E-state index in [2.05, 4.69) is 5.32 Å². The monoisotopic (exact) mass is 428 g/mol. The Labute approximate surface area is 173 Å². The zero-order valence-corrected chi connectivity index (χ0v) is 17.1. The van der Waals surface area contributed by atoms with Crippen molar-refractivity contribution in [3.63, 3.8) is 0 Å². The topological polar surface area (TPSA) is 122 Å². The number of carbonyl (C=O) groups excluding carboxylic acids is 2. The summed E-state index contributed by atoms with van der Waals surface area (Å²) in [6.07, 6.45) is 0. The van der Waals surface area contributed by atoms with Gasteiger partial charge in [0.1, 0.15) is 5.75 Å². The first-order valence-electron chi connectivity index (χ1n) is 9.06. The number of amides is 3. The molecule has 0 saturated heterocycles. The molecule has 2 aliphatic rings. The van der Waals surface area contributed by atoms with Gasteiger partial charge in [-0.3, -0.25) is 9.69 Å². The number of primary sulfonamides is 1. The second-order valence-corrected chi connectivity index (χ2v) is 8.57. The van der Waals surface area contributed by atoms with Gasteiger partial charge in [0.2, 0.25) is 10.0 Å². The van der Waals surface area contributed by atoms with E-state index in [4.69, 9.17) is 9.88 Å². The molecule has 0 radical (unpaired) electrons. The van der Waals surface area contributed by atoms with Crippen molar-refractivity contribution in [1.29, 1.82) is 0 Å². The standard InChI is InChI=1S/C20H20N4O5S/c1-23-16-11-24(13-5-9-15(10-6-13)30(21,27)28)19(25)17(16)18(22-20(23)26)12-3-7-14(29-2)8-4-12/h3-10,18H,11H2,1-2H3,(H,22,26)(H2,21,27,28). The lowest BCUT2D eigenvalue weighted by atomic mass is 9.95. The van der Waals surface area contributed by atoms with Crippen molar-refractivity contribution in [3.8, 4) is 5.75 Å². The summed E-state index contributed by atoms with van der Waals surface area (Å²) < 4.78 is 28.2. The Hall–Kier alpha value is -3.37. The Morgan fingerprint density at radius 3 is 2.27 bits per heavy atom. The highest BCUT2D eigenvalue weighted by molar-refractivity contribution is 7.89. The number of likely N-dealkylation sites (N-methyl/N-ethyl adjacent to an activating group) is 1. The van der Waals surface area contributed by atoms with Crippen LogP contribution in [0.2, 0.25) is 0 Å². The second kappa shape index (κ2) is 7.15. The fourth-order valence-corrected chi connectivity index (χ4v) is 4.15. The van der Waals surface area contributed by atoms with Gasteiger partial charge in [0, 0.05) is 12.7 Å². The maximum absolute atomic E-state index is 13.3. The first kappa shape index (κ1) is 19.9. The van der Waals surface area contributed by atoms with Gasteiger partial charge in [-0.2, -0.15) is 0 Å². The molecular weight excluding hydrogens is 408 g/mol. The minimum Gasteiger partial charge on any atom is -0.497 e. The molecule has 2 aliphatic heterocycles. The zero-order valence-electron chi connectivity index (χ0n) is 16.3. The molecule has 2 aromatic rings. The van der Waals surface area contributed by atoms with Crippen molar-refractivity contribution in [2.24, 2.45) is 5.14 Å². The highest BCUT2D eigenvalue weighted by Gasteiger charge is 2.43. The maximum atomic E-state index is 13.3. The van der Waals surface area contributed by atoms with Crippen LogP contribution < -0.4 is 20.1 Å². The molecule has 10 heteroatoms. The summed E-state index contributed by atoms with van der Waals surface area (Å²) in [4.78, 5) is 28.7. The molecule has 4 rings (SSSR count). The number of nitrogens with one attached hydrogen (secondary N) is 1.